The van der Waals surface area contributed by atoms with E-state index in [1.165, 1.54) is 42.4 Å². The van der Waals surface area contributed by atoms with E-state index in [2.05, 4.69) is 104 Å². The minimum Gasteiger partial charge on any atom is -0.493 e. The molecule has 0 radical (unpaired) electrons. The molecule has 5 heterocycles. The van der Waals surface area contributed by atoms with Crippen molar-refractivity contribution in [3.05, 3.63) is 110 Å². The normalized spacial score (nSPS) is 37.5. The highest BCUT2D eigenvalue weighted by atomic mass is 16.7. The Labute approximate surface area is 530 Å². The maximum atomic E-state index is 10.5. The third kappa shape index (κ3) is 15.0. The molecule has 2 saturated heterocycles. The number of aldehydes is 1. The molecule has 2 aliphatic heterocycles. The Morgan fingerprint density at radius 1 is 0.523 bits per heavy atom. The molecular formula is C75H113N3O10. The van der Waals surface area contributed by atoms with E-state index in [4.69, 9.17) is 33.2 Å². The number of aliphatic hydroxyl groups is 2. The van der Waals surface area contributed by atoms with Crippen LogP contribution in [0, 0.1) is 85.8 Å². The number of aromatic nitrogens is 3. The zero-order valence-corrected chi connectivity index (χ0v) is 56.1. The standard InChI is InChI=1S/2C25H37NO3.C21H31NO3.C4H8O/c2*1-17(2)23-28-16-25(5)21-7-6-18(3)20(24(21,4)12-8-22(25)29-23)11-15-27-19-9-13-26-14-10-19;1-15-4-5-18-20(2,10-6-19(24)21(18,3)14-23)17(15)9-13-25-16-7-11-22-12-8-16;1-4(2)3-5/h2*9-10,13-14,17,20-23H,3,6-8,11-12,15-16H2,1-2,4-5H3;7-8,11-12,17-19,23-24H,1,4-6,9-10,13-14H2,2-3H3;3-4H,1-2H3/t2*20-,21?,22-,23-,24+,25+;17-,18?,19-,20+,21+;/m111./s1. The fourth-order valence-electron chi connectivity index (χ4n) is 18.4. The molecule has 6 saturated carbocycles. The summed E-state index contributed by atoms with van der Waals surface area (Å²) in [5, 5.41) is 20.6. The molecule has 11 rings (SSSR count). The second kappa shape index (κ2) is 29.8. The van der Waals surface area contributed by atoms with Gasteiger partial charge in [-0.05, 0) is 184 Å². The molecule has 0 aromatic carbocycles. The Morgan fingerprint density at radius 2 is 0.841 bits per heavy atom. The van der Waals surface area contributed by atoms with Crippen molar-refractivity contribution in [1.82, 2.24) is 15.0 Å². The summed E-state index contributed by atoms with van der Waals surface area (Å²) in [5.74, 6) is 6.49. The predicted octanol–water partition coefficient (Wildman–Crippen LogP) is 15.7. The Hall–Kier alpha value is -4.50. The number of carbonyl (C=O) groups excluding carboxylic acids is 1. The van der Waals surface area contributed by atoms with Crippen LogP contribution in [0.1, 0.15) is 179 Å². The van der Waals surface area contributed by atoms with Crippen molar-refractivity contribution in [3.63, 3.8) is 0 Å². The van der Waals surface area contributed by atoms with Crippen molar-refractivity contribution in [2.24, 2.45) is 85.8 Å². The van der Waals surface area contributed by atoms with Gasteiger partial charge in [0.15, 0.2) is 12.6 Å². The molecule has 17 atom stereocenters. The highest BCUT2D eigenvalue weighted by Crippen LogP contribution is 2.66. The first-order valence-corrected chi connectivity index (χ1v) is 33.8. The topological polar surface area (TPSA) is 161 Å². The molecule has 3 aromatic heterocycles. The van der Waals surface area contributed by atoms with Crippen LogP contribution >= 0.6 is 0 Å². The second-order valence-corrected chi connectivity index (χ2v) is 30.2. The zero-order chi connectivity index (χ0) is 63.7. The average molecular weight is 1220 g/mol. The van der Waals surface area contributed by atoms with Gasteiger partial charge in [-0.1, -0.05) is 120 Å². The van der Waals surface area contributed by atoms with Gasteiger partial charge in [0.05, 0.1) is 58.0 Å². The first-order valence-electron chi connectivity index (χ1n) is 33.8. The van der Waals surface area contributed by atoms with Gasteiger partial charge in [0, 0.05) is 71.2 Å². The van der Waals surface area contributed by atoms with Crippen LogP contribution in [0.3, 0.4) is 0 Å². The molecule has 3 aromatic rings. The van der Waals surface area contributed by atoms with Gasteiger partial charge in [-0.3, -0.25) is 15.0 Å². The fraction of sp³-hybridized carbons (Fsp3) is 0.707. The van der Waals surface area contributed by atoms with Gasteiger partial charge in [0.2, 0.25) is 0 Å². The van der Waals surface area contributed by atoms with Crippen molar-refractivity contribution < 1.29 is 48.2 Å². The van der Waals surface area contributed by atoms with E-state index in [1.54, 1.807) is 37.2 Å². The number of hydrogen-bond donors (Lipinski definition) is 2. The molecule has 0 spiro atoms. The Bertz CT molecular complexity index is 2590. The second-order valence-electron chi connectivity index (χ2n) is 30.2. The molecule has 8 aliphatic rings. The third-order valence-electron chi connectivity index (χ3n) is 23.4. The highest BCUT2D eigenvalue weighted by molar-refractivity contribution is 5.51. The smallest absolute Gasteiger partial charge is 0.160 e. The lowest BCUT2D eigenvalue weighted by Crippen LogP contribution is -2.61. The van der Waals surface area contributed by atoms with Gasteiger partial charge in [-0.2, -0.15) is 0 Å². The maximum absolute atomic E-state index is 10.5. The number of aliphatic hydroxyl groups excluding tert-OH is 2. The van der Waals surface area contributed by atoms with Crippen LogP contribution in [0.4, 0.5) is 0 Å². The number of hydrogen-bond acceptors (Lipinski definition) is 13. The summed E-state index contributed by atoms with van der Waals surface area (Å²) in [6, 6.07) is 11.4. The van der Waals surface area contributed by atoms with Crippen LogP contribution in [-0.2, 0) is 23.7 Å². The molecule has 13 heteroatoms. The van der Waals surface area contributed by atoms with E-state index in [-0.39, 0.29) is 52.2 Å². The third-order valence-corrected chi connectivity index (χ3v) is 23.4. The van der Waals surface area contributed by atoms with Gasteiger partial charge in [0.1, 0.15) is 23.5 Å². The molecule has 6 aliphatic carbocycles. The summed E-state index contributed by atoms with van der Waals surface area (Å²) in [6.45, 7) is 43.7. The van der Waals surface area contributed by atoms with Crippen molar-refractivity contribution in [2.45, 2.75) is 210 Å². The quantitative estimate of drug-likeness (QED) is 0.103. The van der Waals surface area contributed by atoms with Gasteiger partial charge in [-0.25, -0.2) is 0 Å². The lowest BCUT2D eigenvalue weighted by atomic mass is 9.46. The summed E-state index contributed by atoms with van der Waals surface area (Å²) in [4.78, 5) is 21.6. The molecule has 3 unspecified atom stereocenters. The number of allylic oxidation sites excluding steroid dienone is 3. The molecular weight excluding hydrogens is 1100 g/mol. The molecule has 0 amide bonds. The molecule has 2 N–H and O–H groups in total. The molecule has 8 fully saturated rings. The van der Waals surface area contributed by atoms with Crippen molar-refractivity contribution in [1.29, 1.82) is 0 Å². The van der Waals surface area contributed by atoms with E-state index in [1.807, 2.05) is 50.2 Å². The van der Waals surface area contributed by atoms with E-state index in [0.717, 1.165) is 121 Å². The summed E-state index contributed by atoms with van der Waals surface area (Å²) < 4.78 is 43.4. The molecule has 0 bridgehead atoms. The zero-order valence-electron chi connectivity index (χ0n) is 56.1. The van der Waals surface area contributed by atoms with Crippen LogP contribution in [0.5, 0.6) is 17.2 Å². The molecule has 488 valence electrons. The van der Waals surface area contributed by atoms with Crippen LogP contribution in [0.25, 0.3) is 0 Å². The lowest BCUT2D eigenvalue weighted by Gasteiger charge is -2.62. The Kier molecular flexibility index (Phi) is 23.5. The minimum atomic E-state index is -0.421. The number of nitrogens with zero attached hydrogens (tertiary/aromatic N) is 3. The number of fused-ring (bicyclic) bond motifs is 7. The number of rotatable bonds is 16. The summed E-state index contributed by atoms with van der Waals surface area (Å²) in [7, 11) is 0. The van der Waals surface area contributed by atoms with Gasteiger partial charge in [0.25, 0.3) is 0 Å². The monoisotopic (exact) mass is 1220 g/mol. The van der Waals surface area contributed by atoms with Crippen molar-refractivity contribution in [2.75, 3.05) is 39.6 Å². The summed E-state index contributed by atoms with van der Waals surface area (Å²) >= 11 is 0. The largest absolute Gasteiger partial charge is 0.493 e. The molecule has 88 heavy (non-hydrogen) atoms. The van der Waals surface area contributed by atoms with E-state index in [9.17, 15) is 15.0 Å². The number of pyridine rings is 3. The predicted molar refractivity (Wildman–Crippen MR) is 348 cm³/mol. The number of carbonyl (C=O) groups is 1. The highest BCUT2D eigenvalue weighted by Gasteiger charge is 2.62. The molecule has 13 nitrogen and oxygen atoms in total. The van der Waals surface area contributed by atoms with Crippen molar-refractivity contribution in [3.8, 4) is 17.2 Å². The first-order chi connectivity index (χ1) is 41.9. The average Bonchev–Trinajstić information content (AvgIpc) is 0.936. The van der Waals surface area contributed by atoms with Crippen LogP contribution < -0.4 is 14.2 Å². The Balaban J connectivity index is 0.000000165. The van der Waals surface area contributed by atoms with Crippen molar-refractivity contribution >= 4 is 6.29 Å². The van der Waals surface area contributed by atoms with Crippen LogP contribution in [-0.4, -0.2) is 102 Å². The minimum absolute atomic E-state index is 0.0428. The van der Waals surface area contributed by atoms with Crippen LogP contribution in [0.15, 0.2) is 110 Å². The summed E-state index contributed by atoms with van der Waals surface area (Å²) in [5.41, 5.74) is 4.40. The van der Waals surface area contributed by atoms with E-state index in [0.29, 0.717) is 66.2 Å². The van der Waals surface area contributed by atoms with Gasteiger partial charge < -0.3 is 48.2 Å². The Morgan fingerprint density at radius 3 is 1.16 bits per heavy atom. The van der Waals surface area contributed by atoms with E-state index >= 15 is 0 Å². The van der Waals surface area contributed by atoms with E-state index < -0.39 is 11.5 Å². The first kappa shape index (κ1) is 69.4. The van der Waals surface area contributed by atoms with Crippen LogP contribution in [0.2, 0.25) is 0 Å². The SMILES string of the molecule is C=C1CCC2[C@](C)(CO)[C@H](O)CC[C@@]2(C)[C@@H]1CCOc1ccncc1.C=C1CCC2[C@]3(C)CO[C@@H](C(C)C)O[C@@H]3CC[C@@]2(C)[C@@H]1CCOc1ccncc1.C=C1CCC2[C@]3(C)CO[C@@H](C(C)C)O[C@@H]3CC[C@@]2(C)[C@@H]1CCOc1ccncc1.CC(C)C=O. The maximum Gasteiger partial charge on any atom is 0.160 e. The number of ether oxygens (including phenoxy) is 7. The lowest BCUT2D eigenvalue weighted by molar-refractivity contribution is -0.313. The fourth-order valence-corrected chi connectivity index (χ4v) is 18.4. The summed E-state index contributed by atoms with van der Waals surface area (Å²) in [6.07, 6.45) is 27.5. The van der Waals surface area contributed by atoms with Gasteiger partial charge in [-0.15, -0.1) is 0 Å². The van der Waals surface area contributed by atoms with Gasteiger partial charge >= 0.3 is 0 Å².